The van der Waals surface area contributed by atoms with Crippen LogP contribution in [0.2, 0.25) is 0 Å². The summed E-state index contributed by atoms with van der Waals surface area (Å²) in [4.78, 5) is 1.31. The summed E-state index contributed by atoms with van der Waals surface area (Å²) < 4.78 is 1.18. The van der Waals surface area contributed by atoms with Gasteiger partial charge in [0, 0.05) is 15.4 Å². The van der Waals surface area contributed by atoms with Gasteiger partial charge >= 0.3 is 0 Å². The molecule has 0 aliphatic carbocycles. The Labute approximate surface area is 98.6 Å². The molecule has 0 aliphatic heterocycles. The van der Waals surface area contributed by atoms with E-state index in [9.17, 15) is 0 Å². The molecule has 1 aromatic rings. The fourth-order valence-electron chi connectivity index (χ4n) is 1.32. The second-order valence-corrected chi connectivity index (χ2v) is 5.54. The van der Waals surface area contributed by atoms with Gasteiger partial charge in [-0.2, -0.15) is 0 Å². The molecular formula is C11H16BrNS. The molecule has 0 saturated heterocycles. The molecule has 0 fully saturated rings. The monoisotopic (exact) mass is 273 g/mol. The number of halogens is 1. The largest absolute Gasteiger partial charge is 0.328 e. The van der Waals surface area contributed by atoms with Crippen molar-refractivity contribution in [2.75, 3.05) is 5.75 Å². The maximum atomic E-state index is 5.75. The van der Waals surface area contributed by atoms with Crippen LogP contribution >= 0.6 is 27.7 Å². The molecule has 1 atom stereocenters. The highest BCUT2D eigenvalue weighted by Gasteiger charge is 2.03. The lowest BCUT2D eigenvalue weighted by Crippen LogP contribution is -2.17. The van der Waals surface area contributed by atoms with Gasteiger partial charge in [-0.05, 0) is 52.7 Å². The molecule has 2 N–H and O–H groups in total. The fourth-order valence-corrected chi connectivity index (χ4v) is 2.76. The lowest BCUT2D eigenvalue weighted by atomic mass is 10.1. The van der Waals surface area contributed by atoms with E-state index >= 15 is 0 Å². The molecule has 1 nitrogen and oxygen atoms in total. The molecule has 14 heavy (non-hydrogen) atoms. The van der Waals surface area contributed by atoms with E-state index in [0.717, 1.165) is 12.2 Å². The van der Waals surface area contributed by atoms with Gasteiger partial charge in [-0.15, -0.1) is 11.8 Å². The molecule has 1 aromatic carbocycles. The third-order valence-corrected chi connectivity index (χ3v) is 3.73. The molecule has 0 aromatic heterocycles. The van der Waals surface area contributed by atoms with Crippen LogP contribution in [0.3, 0.4) is 0 Å². The Morgan fingerprint density at radius 2 is 2.21 bits per heavy atom. The van der Waals surface area contributed by atoms with Crippen LogP contribution in [-0.2, 0) is 6.42 Å². The van der Waals surface area contributed by atoms with Crippen LogP contribution in [0.4, 0.5) is 0 Å². The Morgan fingerprint density at radius 1 is 1.50 bits per heavy atom. The van der Waals surface area contributed by atoms with Crippen LogP contribution in [0.25, 0.3) is 0 Å². The van der Waals surface area contributed by atoms with Gasteiger partial charge in [-0.1, -0.05) is 13.0 Å². The van der Waals surface area contributed by atoms with Crippen LogP contribution < -0.4 is 5.73 Å². The normalized spacial score (nSPS) is 12.9. The summed E-state index contributed by atoms with van der Waals surface area (Å²) in [5.41, 5.74) is 7.05. The van der Waals surface area contributed by atoms with Gasteiger partial charge in [-0.25, -0.2) is 0 Å². The first-order chi connectivity index (χ1) is 6.63. The minimum atomic E-state index is 0.228. The third-order valence-electron chi connectivity index (χ3n) is 1.85. The minimum Gasteiger partial charge on any atom is -0.328 e. The lowest BCUT2D eigenvalue weighted by Gasteiger charge is -2.08. The van der Waals surface area contributed by atoms with Gasteiger partial charge in [0.2, 0.25) is 0 Å². The summed E-state index contributed by atoms with van der Waals surface area (Å²) in [5, 5.41) is 0. The molecule has 78 valence electrons. The first-order valence-corrected chi connectivity index (χ1v) is 6.58. The van der Waals surface area contributed by atoms with E-state index < -0.39 is 0 Å². The molecule has 0 radical (unpaired) electrons. The standard InChI is InChI=1S/C11H16BrNS/c1-3-14-11-5-4-9(6-8(2)13)7-10(11)12/h4-5,7-8H,3,6,13H2,1-2H3. The van der Waals surface area contributed by atoms with Gasteiger partial charge in [0.25, 0.3) is 0 Å². The highest BCUT2D eigenvalue weighted by atomic mass is 79.9. The first kappa shape index (κ1) is 12.1. The molecule has 1 unspecified atom stereocenters. The number of hydrogen-bond acceptors (Lipinski definition) is 2. The van der Waals surface area contributed by atoms with Crippen molar-refractivity contribution in [1.29, 1.82) is 0 Å². The van der Waals surface area contributed by atoms with Gasteiger partial charge in [0.15, 0.2) is 0 Å². The molecule has 0 aliphatic rings. The first-order valence-electron chi connectivity index (χ1n) is 4.80. The predicted octanol–water partition coefficient (Wildman–Crippen LogP) is 3.45. The van der Waals surface area contributed by atoms with Crippen LogP contribution in [0.5, 0.6) is 0 Å². The van der Waals surface area contributed by atoms with Crippen molar-refractivity contribution in [1.82, 2.24) is 0 Å². The topological polar surface area (TPSA) is 26.0 Å². The quantitative estimate of drug-likeness (QED) is 0.851. The van der Waals surface area contributed by atoms with Crippen molar-refractivity contribution in [2.24, 2.45) is 5.73 Å². The van der Waals surface area contributed by atoms with E-state index in [1.54, 1.807) is 0 Å². The SMILES string of the molecule is CCSc1ccc(CC(C)N)cc1Br. The average molecular weight is 274 g/mol. The maximum Gasteiger partial charge on any atom is 0.0313 e. The highest BCUT2D eigenvalue weighted by Crippen LogP contribution is 2.28. The second-order valence-electron chi connectivity index (χ2n) is 3.38. The second kappa shape index (κ2) is 5.79. The van der Waals surface area contributed by atoms with Crippen molar-refractivity contribution in [3.8, 4) is 0 Å². The van der Waals surface area contributed by atoms with Crippen molar-refractivity contribution in [3.05, 3.63) is 28.2 Å². The molecular weight excluding hydrogens is 258 g/mol. The summed E-state index contributed by atoms with van der Waals surface area (Å²) in [6.07, 6.45) is 0.940. The highest BCUT2D eigenvalue weighted by molar-refractivity contribution is 9.10. The zero-order chi connectivity index (χ0) is 10.6. The molecule has 0 heterocycles. The Hall–Kier alpha value is 0.01000. The zero-order valence-electron chi connectivity index (χ0n) is 8.59. The van der Waals surface area contributed by atoms with E-state index in [1.165, 1.54) is 14.9 Å². The molecule has 0 spiro atoms. The molecule has 1 rings (SSSR count). The fraction of sp³-hybridized carbons (Fsp3) is 0.455. The van der Waals surface area contributed by atoms with E-state index in [2.05, 4.69) is 41.1 Å². The van der Waals surface area contributed by atoms with Gasteiger partial charge < -0.3 is 5.73 Å². The van der Waals surface area contributed by atoms with E-state index in [-0.39, 0.29) is 6.04 Å². The zero-order valence-corrected chi connectivity index (χ0v) is 11.0. The summed E-state index contributed by atoms with van der Waals surface area (Å²) in [6.45, 7) is 4.19. The number of nitrogens with two attached hydrogens (primary N) is 1. The van der Waals surface area contributed by atoms with Crippen LogP contribution in [0, 0.1) is 0 Å². The van der Waals surface area contributed by atoms with E-state index in [0.29, 0.717) is 0 Å². The summed E-state index contributed by atoms with van der Waals surface area (Å²) in [7, 11) is 0. The van der Waals surface area contributed by atoms with Crippen molar-refractivity contribution >= 4 is 27.7 Å². The minimum absolute atomic E-state index is 0.228. The summed E-state index contributed by atoms with van der Waals surface area (Å²) >= 11 is 5.43. The molecule has 0 bridgehead atoms. The Kier molecular flexibility index (Phi) is 4.99. The van der Waals surface area contributed by atoms with Crippen LogP contribution in [0.15, 0.2) is 27.6 Å². The third kappa shape index (κ3) is 3.64. The average Bonchev–Trinajstić information content (AvgIpc) is 2.09. The Bertz CT molecular complexity index is 299. The van der Waals surface area contributed by atoms with Crippen LogP contribution in [0.1, 0.15) is 19.4 Å². The maximum absolute atomic E-state index is 5.75. The molecule has 0 saturated carbocycles. The van der Waals surface area contributed by atoms with E-state index in [4.69, 9.17) is 5.73 Å². The number of thioether (sulfide) groups is 1. The Morgan fingerprint density at radius 3 is 2.71 bits per heavy atom. The number of hydrogen-bond donors (Lipinski definition) is 1. The van der Waals surface area contributed by atoms with Crippen LogP contribution in [-0.4, -0.2) is 11.8 Å². The summed E-state index contributed by atoms with van der Waals surface area (Å²) in [5.74, 6) is 1.10. The summed E-state index contributed by atoms with van der Waals surface area (Å²) in [6, 6.07) is 6.72. The predicted molar refractivity (Wildman–Crippen MR) is 67.9 cm³/mol. The van der Waals surface area contributed by atoms with Crippen molar-refractivity contribution < 1.29 is 0 Å². The van der Waals surface area contributed by atoms with Gasteiger partial charge in [-0.3, -0.25) is 0 Å². The van der Waals surface area contributed by atoms with E-state index in [1.807, 2.05) is 18.7 Å². The lowest BCUT2D eigenvalue weighted by molar-refractivity contribution is 0.737. The number of benzene rings is 1. The molecule has 0 amide bonds. The Balaban J connectivity index is 2.78. The van der Waals surface area contributed by atoms with Gasteiger partial charge in [0.1, 0.15) is 0 Å². The molecule has 3 heteroatoms. The number of rotatable bonds is 4. The van der Waals surface area contributed by atoms with Crippen molar-refractivity contribution in [3.63, 3.8) is 0 Å². The van der Waals surface area contributed by atoms with Gasteiger partial charge in [0.05, 0.1) is 0 Å². The van der Waals surface area contributed by atoms with Crippen molar-refractivity contribution in [2.45, 2.75) is 31.2 Å². The smallest absolute Gasteiger partial charge is 0.0313 e.